The number of aryl methyl sites for hydroxylation is 1. The number of carbonyl (C=O) groups is 1. The Morgan fingerprint density at radius 2 is 2.21 bits per heavy atom. The highest BCUT2D eigenvalue weighted by atomic mass is 16.2. The Labute approximate surface area is 84.5 Å². The van der Waals surface area contributed by atoms with Crippen molar-refractivity contribution >= 4 is 11.6 Å². The van der Waals surface area contributed by atoms with E-state index in [4.69, 9.17) is 0 Å². The number of fused-ring (bicyclic) bond motifs is 1. The predicted molar refractivity (Wildman–Crippen MR) is 57.6 cm³/mol. The van der Waals surface area contributed by atoms with Crippen LogP contribution >= 0.6 is 0 Å². The number of hydrogen-bond donors (Lipinski definition) is 0. The van der Waals surface area contributed by atoms with Crippen molar-refractivity contribution in [2.24, 2.45) is 0 Å². The standard InChI is InChI=1S/C12H15NO/c1-8-4-5-12-11(6-8)9(2)7-13(12)10(3)14/h4-6,9H,7H2,1-3H3. The minimum Gasteiger partial charge on any atom is -0.312 e. The number of carbonyl (C=O) groups excluding carboxylic acids is 1. The molecule has 0 saturated heterocycles. The maximum Gasteiger partial charge on any atom is 0.223 e. The highest BCUT2D eigenvalue weighted by molar-refractivity contribution is 5.94. The second-order valence-corrected chi connectivity index (χ2v) is 4.09. The van der Waals surface area contributed by atoms with Gasteiger partial charge >= 0.3 is 0 Å². The second-order valence-electron chi connectivity index (χ2n) is 4.09. The maximum absolute atomic E-state index is 11.4. The van der Waals surface area contributed by atoms with Gasteiger partial charge in [-0.2, -0.15) is 0 Å². The highest BCUT2D eigenvalue weighted by Crippen LogP contribution is 2.36. The van der Waals surface area contributed by atoms with Crippen LogP contribution in [0.15, 0.2) is 18.2 Å². The van der Waals surface area contributed by atoms with Crippen LogP contribution in [0.2, 0.25) is 0 Å². The lowest BCUT2D eigenvalue weighted by atomic mass is 10.0. The summed E-state index contributed by atoms with van der Waals surface area (Å²) in [5.74, 6) is 0.605. The molecule has 2 heteroatoms. The SMILES string of the molecule is CC(=O)N1CC(C)c2cc(C)ccc21. The number of benzene rings is 1. The topological polar surface area (TPSA) is 20.3 Å². The van der Waals surface area contributed by atoms with Crippen molar-refractivity contribution in [1.82, 2.24) is 0 Å². The third kappa shape index (κ3) is 1.31. The van der Waals surface area contributed by atoms with E-state index in [0.717, 1.165) is 12.2 Å². The molecule has 0 N–H and O–H groups in total. The minimum atomic E-state index is 0.138. The molecule has 2 rings (SSSR count). The Morgan fingerprint density at radius 1 is 1.50 bits per heavy atom. The predicted octanol–water partition coefficient (Wildman–Crippen LogP) is 2.47. The number of rotatable bonds is 0. The maximum atomic E-state index is 11.4. The van der Waals surface area contributed by atoms with E-state index in [9.17, 15) is 4.79 Å². The summed E-state index contributed by atoms with van der Waals surface area (Å²) in [6.45, 7) is 6.71. The summed E-state index contributed by atoms with van der Waals surface area (Å²) >= 11 is 0. The molecule has 0 radical (unpaired) electrons. The number of nitrogens with zero attached hydrogens (tertiary/aromatic N) is 1. The third-order valence-electron chi connectivity index (χ3n) is 2.84. The molecule has 1 aliphatic heterocycles. The van der Waals surface area contributed by atoms with Gasteiger partial charge in [0.1, 0.15) is 0 Å². The van der Waals surface area contributed by atoms with Crippen molar-refractivity contribution in [3.05, 3.63) is 29.3 Å². The molecular weight excluding hydrogens is 174 g/mol. The van der Waals surface area contributed by atoms with Gasteiger partial charge < -0.3 is 4.90 Å². The van der Waals surface area contributed by atoms with E-state index in [-0.39, 0.29) is 5.91 Å². The van der Waals surface area contributed by atoms with Crippen LogP contribution in [0.25, 0.3) is 0 Å². The van der Waals surface area contributed by atoms with Gasteiger partial charge in [-0.1, -0.05) is 24.6 Å². The fourth-order valence-electron chi connectivity index (χ4n) is 2.08. The van der Waals surface area contributed by atoms with E-state index in [2.05, 4.69) is 32.0 Å². The summed E-state index contributed by atoms with van der Waals surface area (Å²) in [5.41, 5.74) is 3.66. The molecule has 0 aliphatic carbocycles. The van der Waals surface area contributed by atoms with Crippen LogP contribution in [0.5, 0.6) is 0 Å². The van der Waals surface area contributed by atoms with Gasteiger partial charge in [0.25, 0.3) is 0 Å². The van der Waals surface area contributed by atoms with Gasteiger partial charge in [-0.15, -0.1) is 0 Å². The smallest absolute Gasteiger partial charge is 0.223 e. The van der Waals surface area contributed by atoms with Crippen LogP contribution in [0.1, 0.15) is 30.9 Å². The fraction of sp³-hybridized carbons (Fsp3) is 0.417. The second kappa shape index (κ2) is 3.12. The van der Waals surface area contributed by atoms with E-state index in [0.29, 0.717) is 5.92 Å². The molecular formula is C12H15NO. The van der Waals surface area contributed by atoms with Gasteiger partial charge in [0, 0.05) is 25.1 Å². The average Bonchev–Trinajstić information content (AvgIpc) is 2.44. The zero-order valence-corrected chi connectivity index (χ0v) is 8.87. The number of amides is 1. The molecule has 0 bridgehead atoms. The van der Waals surface area contributed by atoms with E-state index < -0.39 is 0 Å². The molecule has 74 valence electrons. The Morgan fingerprint density at radius 3 is 2.86 bits per heavy atom. The molecule has 0 aromatic heterocycles. The van der Waals surface area contributed by atoms with Crippen molar-refractivity contribution in [1.29, 1.82) is 0 Å². The first-order valence-corrected chi connectivity index (χ1v) is 4.98. The van der Waals surface area contributed by atoms with Crippen molar-refractivity contribution in [2.45, 2.75) is 26.7 Å². The zero-order valence-electron chi connectivity index (χ0n) is 8.87. The Hall–Kier alpha value is -1.31. The zero-order chi connectivity index (χ0) is 10.3. The lowest BCUT2D eigenvalue weighted by Crippen LogP contribution is -2.26. The van der Waals surface area contributed by atoms with Gasteiger partial charge in [-0.05, 0) is 18.6 Å². The van der Waals surface area contributed by atoms with Gasteiger partial charge in [0.2, 0.25) is 5.91 Å². The van der Waals surface area contributed by atoms with Gasteiger partial charge in [0.15, 0.2) is 0 Å². The van der Waals surface area contributed by atoms with Crippen molar-refractivity contribution < 1.29 is 4.79 Å². The quantitative estimate of drug-likeness (QED) is 0.614. The Bertz CT molecular complexity index is 384. The summed E-state index contributed by atoms with van der Waals surface area (Å²) in [7, 11) is 0. The monoisotopic (exact) mass is 189 g/mol. The molecule has 0 spiro atoms. The first kappa shape index (κ1) is 9.25. The van der Waals surface area contributed by atoms with Gasteiger partial charge in [-0.25, -0.2) is 0 Å². The molecule has 1 aromatic rings. The number of hydrogen-bond acceptors (Lipinski definition) is 1. The molecule has 0 fully saturated rings. The third-order valence-corrected chi connectivity index (χ3v) is 2.84. The van der Waals surface area contributed by atoms with Gasteiger partial charge in [-0.3, -0.25) is 4.79 Å². The molecule has 1 aliphatic rings. The van der Waals surface area contributed by atoms with Gasteiger partial charge in [0.05, 0.1) is 0 Å². The van der Waals surface area contributed by atoms with Crippen LogP contribution in [0, 0.1) is 6.92 Å². The largest absolute Gasteiger partial charge is 0.312 e. The fourth-order valence-corrected chi connectivity index (χ4v) is 2.08. The molecule has 1 amide bonds. The first-order chi connectivity index (χ1) is 6.59. The van der Waals surface area contributed by atoms with Crippen LogP contribution in [0.3, 0.4) is 0 Å². The van der Waals surface area contributed by atoms with E-state index >= 15 is 0 Å². The summed E-state index contributed by atoms with van der Waals surface area (Å²) < 4.78 is 0. The normalized spacial score (nSPS) is 19.6. The molecule has 1 unspecified atom stereocenters. The molecule has 14 heavy (non-hydrogen) atoms. The molecule has 0 saturated carbocycles. The average molecular weight is 189 g/mol. The minimum absolute atomic E-state index is 0.138. The van der Waals surface area contributed by atoms with Crippen LogP contribution < -0.4 is 4.90 Å². The summed E-state index contributed by atoms with van der Waals surface area (Å²) in [5, 5.41) is 0. The number of anilines is 1. The van der Waals surface area contributed by atoms with Crippen molar-refractivity contribution in [3.8, 4) is 0 Å². The van der Waals surface area contributed by atoms with Crippen molar-refractivity contribution in [2.75, 3.05) is 11.4 Å². The van der Waals surface area contributed by atoms with Crippen LogP contribution in [-0.4, -0.2) is 12.5 Å². The summed E-state index contributed by atoms with van der Waals surface area (Å²) in [4.78, 5) is 13.2. The highest BCUT2D eigenvalue weighted by Gasteiger charge is 2.27. The summed E-state index contributed by atoms with van der Waals surface area (Å²) in [6, 6.07) is 6.30. The van der Waals surface area contributed by atoms with E-state index in [1.807, 2.05) is 4.90 Å². The molecule has 1 heterocycles. The lowest BCUT2D eigenvalue weighted by molar-refractivity contribution is -0.116. The van der Waals surface area contributed by atoms with E-state index in [1.165, 1.54) is 11.1 Å². The van der Waals surface area contributed by atoms with E-state index in [1.54, 1.807) is 6.92 Å². The Kier molecular flexibility index (Phi) is 2.06. The van der Waals surface area contributed by atoms with Crippen molar-refractivity contribution in [3.63, 3.8) is 0 Å². The molecule has 1 atom stereocenters. The molecule has 1 aromatic carbocycles. The van der Waals surface area contributed by atoms with Crippen LogP contribution in [-0.2, 0) is 4.79 Å². The first-order valence-electron chi connectivity index (χ1n) is 4.98. The lowest BCUT2D eigenvalue weighted by Gasteiger charge is -2.14. The molecule has 2 nitrogen and oxygen atoms in total. The van der Waals surface area contributed by atoms with Crippen LogP contribution in [0.4, 0.5) is 5.69 Å². The summed E-state index contributed by atoms with van der Waals surface area (Å²) in [6.07, 6.45) is 0. The Balaban J connectivity index is 2.49.